The lowest BCUT2D eigenvalue weighted by molar-refractivity contribution is 0.0722. The Balaban J connectivity index is 1.50. The van der Waals surface area contributed by atoms with Crippen LogP contribution in [0.15, 0.2) is 30.7 Å². The van der Waals surface area contributed by atoms with Crippen molar-refractivity contribution in [3.8, 4) is 0 Å². The van der Waals surface area contributed by atoms with Gasteiger partial charge in [-0.25, -0.2) is 4.98 Å². The molecule has 0 spiro atoms. The monoisotopic (exact) mass is 299 g/mol. The maximum absolute atomic E-state index is 12.7. The van der Waals surface area contributed by atoms with Gasteiger partial charge in [0.2, 0.25) is 0 Å². The van der Waals surface area contributed by atoms with Crippen molar-refractivity contribution in [1.82, 2.24) is 14.3 Å². The number of hydrogen-bond donors (Lipinski definition) is 1. The summed E-state index contributed by atoms with van der Waals surface area (Å²) in [6.45, 7) is 0. The molecule has 2 saturated carbocycles. The summed E-state index contributed by atoms with van der Waals surface area (Å²) < 4.78 is 1.88. The van der Waals surface area contributed by atoms with Crippen molar-refractivity contribution in [2.24, 2.45) is 11.8 Å². The highest BCUT2D eigenvalue weighted by atomic mass is 16.3. The number of carbonyl (C=O) groups excluding carboxylic acids is 1. The maximum atomic E-state index is 12.7. The smallest absolute Gasteiger partial charge is 0.255 e. The molecular formula is C17H21N3O2. The summed E-state index contributed by atoms with van der Waals surface area (Å²) in [5, 5.41) is 9.74. The van der Waals surface area contributed by atoms with Crippen LogP contribution in [0.25, 0.3) is 5.65 Å². The molecule has 0 aliphatic heterocycles. The predicted molar refractivity (Wildman–Crippen MR) is 82.5 cm³/mol. The molecule has 5 heteroatoms. The Labute approximate surface area is 129 Å². The van der Waals surface area contributed by atoms with Crippen molar-refractivity contribution in [1.29, 1.82) is 0 Å². The van der Waals surface area contributed by atoms with E-state index in [2.05, 4.69) is 4.98 Å². The summed E-state index contributed by atoms with van der Waals surface area (Å²) >= 11 is 0. The molecule has 4 atom stereocenters. The number of nitrogens with zero attached hydrogens (tertiary/aromatic N) is 3. The third-order valence-electron chi connectivity index (χ3n) is 5.47. The van der Waals surface area contributed by atoms with Crippen molar-refractivity contribution < 1.29 is 9.90 Å². The Bertz CT molecular complexity index is 697. The molecule has 2 aliphatic carbocycles. The predicted octanol–water partition coefficient (Wildman–Crippen LogP) is 1.96. The maximum Gasteiger partial charge on any atom is 0.255 e. The van der Waals surface area contributed by atoms with E-state index in [9.17, 15) is 9.90 Å². The highest BCUT2D eigenvalue weighted by molar-refractivity contribution is 5.94. The van der Waals surface area contributed by atoms with Gasteiger partial charge >= 0.3 is 0 Å². The molecule has 2 aromatic heterocycles. The van der Waals surface area contributed by atoms with Crippen molar-refractivity contribution in [2.75, 3.05) is 7.05 Å². The van der Waals surface area contributed by atoms with Crippen LogP contribution in [-0.2, 0) is 0 Å². The molecule has 22 heavy (non-hydrogen) atoms. The minimum absolute atomic E-state index is 0.0705. The zero-order valence-corrected chi connectivity index (χ0v) is 12.7. The number of aromatic nitrogens is 2. The molecule has 0 saturated heterocycles. The van der Waals surface area contributed by atoms with Crippen LogP contribution >= 0.6 is 0 Å². The van der Waals surface area contributed by atoms with E-state index >= 15 is 0 Å². The number of aliphatic hydroxyl groups is 1. The van der Waals surface area contributed by atoms with Crippen LogP contribution in [0, 0.1) is 11.8 Å². The van der Waals surface area contributed by atoms with E-state index in [1.54, 1.807) is 6.20 Å². The van der Waals surface area contributed by atoms with Gasteiger partial charge in [0, 0.05) is 31.7 Å². The third kappa shape index (κ3) is 2.20. The molecule has 0 bridgehead atoms. The first-order chi connectivity index (χ1) is 10.6. The average Bonchev–Trinajstić information content (AvgIpc) is 3.18. The molecular weight excluding hydrogens is 278 g/mol. The van der Waals surface area contributed by atoms with E-state index in [0.717, 1.165) is 31.3 Å². The fourth-order valence-electron chi connectivity index (χ4n) is 4.28. The van der Waals surface area contributed by atoms with E-state index in [1.165, 1.54) is 0 Å². The van der Waals surface area contributed by atoms with Gasteiger partial charge in [-0.3, -0.25) is 4.79 Å². The van der Waals surface area contributed by atoms with E-state index in [4.69, 9.17) is 0 Å². The van der Waals surface area contributed by atoms with E-state index in [1.807, 2.05) is 40.9 Å². The summed E-state index contributed by atoms with van der Waals surface area (Å²) in [5.74, 6) is 1.25. The molecule has 0 radical (unpaired) electrons. The topological polar surface area (TPSA) is 57.8 Å². The third-order valence-corrected chi connectivity index (χ3v) is 5.47. The number of rotatable bonds is 2. The van der Waals surface area contributed by atoms with Crippen LogP contribution < -0.4 is 0 Å². The van der Waals surface area contributed by atoms with E-state index in [-0.39, 0.29) is 12.0 Å². The Kier molecular flexibility index (Phi) is 3.18. The van der Waals surface area contributed by atoms with Crippen molar-refractivity contribution in [3.63, 3.8) is 0 Å². The van der Waals surface area contributed by atoms with Gasteiger partial charge in [-0.2, -0.15) is 0 Å². The molecule has 2 heterocycles. The van der Waals surface area contributed by atoms with Crippen LogP contribution in [0.4, 0.5) is 0 Å². The van der Waals surface area contributed by atoms with Gasteiger partial charge in [-0.15, -0.1) is 0 Å². The lowest BCUT2D eigenvalue weighted by atomic mass is 10.0. The second-order valence-electron chi connectivity index (χ2n) is 6.80. The number of hydrogen-bond acceptors (Lipinski definition) is 3. The van der Waals surface area contributed by atoms with Gasteiger partial charge in [0.1, 0.15) is 5.65 Å². The van der Waals surface area contributed by atoms with Crippen LogP contribution in [0.3, 0.4) is 0 Å². The molecule has 1 amide bonds. The largest absolute Gasteiger partial charge is 0.393 e. The lowest BCUT2D eigenvalue weighted by Gasteiger charge is -2.25. The minimum atomic E-state index is -0.124. The Morgan fingerprint density at radius 1 is 1.27 bits per heavy atom. The number of pyridine rings is 1. The molecule has 5 nitrogen and oxygen atoms in total. The van der Waals surface area contributed by atoms with Gasteiger partial charge in [0.25, 0.3) is 5.91 Å². The molecule has 2 aliphatic rings. The van der Waals surface area contributed by atoms with Gasteiger partial charge in [-0.05, 0) is 49.7 Å². The quantitative estimate of drug-likeness (QED) is 0.922. The fraction of sp³-hybridized carbons (Fsp3) is 0.529. The number of fused-ring (bicyclic) bond motifs is 2. The summed E-state index contributed by atoms with van der Waals surface area (Å²) in [4.78, 5) is 18.8. The first kappa shape index (κ1) is 13.8. The van der Waals surface area contributed by atoms with Gasteiger partial charge < -0.3 is 14.4 Å². The first-order valence-electron chi connectivity index (χ1n) is 8.00. The average molecular weight is 299 g/mol. The number of carbonyl (C=O) groups is 1. The molecule has 2 fully saturated rings. The second kappa shape index (κ2) is 5.09. The number of amides is 1. The van der Waals surface area contributed by atoms with Crippen LogP contribution in [0.1, 0.15) is 36.0 Å². The van der Waals surface area contributed by atoms with Crippen molar-refractivity contribution >= 4 is 11.6 Å². The fourth-order valence-corrected chi connectivity index (χ4v) is 4.28. The molecule has 0 aromatic carbocycles. The number of aliphatic hydroxyl groups excluding tert-OH is 1. The van der Waals surface area contributed by atoms with Crippen LogP contribution in [0.2, 0.25) is 0 Å². The highest BCUT2D eigenvalue weighted by Gasteiger charge is 2.43. The van der Waals surface area contributed by atoms with E-state index in [0.29, 0.717) is 23.4 Å². The minimum Gasteiger partial charge on any atom is -0.393 e. The normalized spacial score (nSPS) is 30.6. The van der Waals surface area contributed by atoms with Crippen LogP contribution in [-0.4, -0.2) is 44.5 Å². The summed E-state index contributed by atoms with van der Waals surface area (Å²) in [7, 11) is 1.91. The Hall–Kier alpha value is -1.88. The van der Waals surface area contributed by atoms with Crippen LogP contribution in [0.5, 0.6) is 0 Å². The Morgan fingerprint density at radius 2 is 2.00 bits per heavy atom. The van der Waals surface area contributed by atoms with E-state index < -0.39 is 0 Å². The molecule has 4 rings (SSSR count). The highest BCUT2D eigenvalue weighted by Crippen LogP contribution is 2.45. The summed E-state index contributed by atoms with van der Waals surface area (Å²) in [6, 6.07) is 4.02. The molecule has 116 valence electrons. The molecule has 1 N–H and O–H groups in total. The van der Waals surface area contributed by atoms with Gasteiger partial charge in [0.15, 0.2) is 0 Å². The SMILES string of the molecule is CN(C(=O)c1ccc2nccn2c1)C1C[C@H]2CC(O)C[C@H]2C1. The zero-order valence-electron chi connectivity index (χ0n) is 12.7. The second-order valence-corrected chi connectivity index (χ2v) is 6.80. The van der Waals surface area contributed by atoms with Crippen molar-refractivity contribution in [3.05, 3.63) is 36.3 Å². The first-order valence-corrected chi connectivity index (χ1v) is 8.00. The standard InChI is InChI=1S/C17H21N3O2/c1-19(14-6-12-8-15(21)9-13(12)7-14)17(22)11-2-3-16-18-4-5-20(16)10-11/h2-5,10,12-15,21H,6-9H2,1H3/t12-,13+,14?,15?. The molecule has 2 aromatic rings. The number of imidazole rings is 1. The zero-order chi connectivity index (χ0) is 15.3. The summed E-state index contributed by atoms with van der Waals surface area (Å²) in [5.41, 5.74) is 1.55. The summed E-state index contributed by atoms with van der Waals surface area (Å²) in [6.07, 6.45) is 9.18. The van der Waals surface area contributed by atoms with Crippen molar-refractivity contribution in [2.45, 2.75) is 37.8 Å². The lowest BCUT2D eigenvalue weighted by Crippen LogP contribution is -2.36. The molecule has 2 unspecified atom stereocenters. The van der Waals surface area contributed by atoms with Gasteiger partial charge in [-0.1, -0.05) is 0 Å². The van der Waals surface area contributed by atoms with Gasteiger partial charge in [0.05, 0.1) is 11.7 Å². The Morgan fingerprint density at radius 3 is 2.73 bits per heavy atom.